The first-order valence-corrected chi connectivity index (χ1v) is 4.92. The van der Waals surface area contributed by atoms with Crippen molar-refractivity contribution in [3.8, 4) is 0 Å². The van der Waals surface area contributed by atoms with Crippen molar-refractivity contribution in [2.45, 2.75) is 26.2 Å². The summed E-state index contributed by atoms with van der Waals surface area (Å²) >= 11 is 0. The van der Waals surface area contributed by atoms with Crippen molar-refractivity contribution in [3.05, 3.63) is 0 Å². The van der Waals surface area contributed by atoms with Gasteiger partial charge in [-0.1, -0.05) is 0 Å². The minimum absolute atomic E-state index is 0.188. The van der Waals surface area contributed by atoms with Crippen LogP contribution in [0.3, 0.4) is 0 Å². The molecule has 0 N–H and O–H groups in total. The summed E-state index contributed by atoms with van der Waals surface area (Å²) in [4.78, 5) is 22.2. The maximum atomic E-state index is 11.3. The average Bonchev–Trinajstić information content (AvgIpc) is 2.19. The van der Waals surface area contributed by atoms with E-state index < -0.39 is 5.41 Å². The fraction of sp³-hybridized carbons (Fsp3) is 0.800. The number of esters is 1. The lowest BCUT2D eigenvalue weighted by Gasteiger charge is -2.30. The summed E-state index contributed by atoms with van der Waals surface area (Å²) in [5, 5.41) is 0. The van der Waals surface area contributed by atoms with E-state index in [-0.39, 0.29) is 12.4 Å². The van der Waals surface area contributed by atoms with Crippen LogP contribution in [-0.4, -0.2) is 32.1 Å². The van der Waals surface area contributed by atoms with Crippen LogP contribution < -0.4 is 0 Å². The molecule has 0 unspecified atom stereocenters. The Balaban J connectivity index is 2.51. The first-order valence-electron chi connectivity index (χ1n) is 4.92. The molecular formula is C10H16O4. The Morgan fingerprint density at radius 2 is 2.14 bits per heavy atom. The standard InChI is InChI=1S/C10H16O4/c1-2-14-9(12)7-10(8-11)3-5-13-6-4-10/h8H,2-7H2,1H3. The van der Waals surface area contributed by atoms with E-state index in [4.69, 9.17) is 9.47 Å². The van der Waals surface area contributed by atoms with Crippen molar-refractivity contribution in [2.24, 2.45) is 5.41 Å². The van der Waals surface area contributed by atoms with Gasteiger partial charge in [0, 0.05) is 18.6 Å². The minimum Gasteiger partial charge on any atom is -0.466 e. The highest BCUT2D eigenvalue weighted by Crippen LogP contribution is 2.32. The molecule has 0 spiro atoms. The Bertz CT molecular complexity index is 206. The SMILES string of the molecule is CCOC(=O)CC1(C=O)CCOCC1. The first kappa shape index (κ1) is 11.2. The van der Waals surface area contributed by atoms with Gasteiger partial charge in [-0.3, -0.25) is 4.79 Å². The summed E-state index contributed by atoms with van der Waals surface area (Å²) in [5.74, 6) is -0.290. The summed E-state index contributed by atoms with van der Waals surface area (Å²) < 4.78 is 9.99. The van der Waals surface area contributed by atoms with E-state index in [2.05, 4.69) is 0 Å². The van der Waals surface area contributed by atoms with Crippen molar-refractivity contribution >= 4 is 12.3 Å². The molecule has 14 heavy (non-hydrogen) atoms. The highest BCUT2D eigenvalue weighted by Gasteiger charge is 2.35. The fourth-order valence-electron chi connectivity index (χ4n) is 1.61. The molecule has 1 aliphatic rings. The molecule has 1 saturated heterocycles. The average molecular weight is 200 g/mol. The van der Waals surface area contributed by atoms with Gasteiger partial charge in [0.15, 0.2) is 0 Å². The van der Waals surface area contributed by atoms with Crippen molar-refractivity contribution in [1.82, 2.24) is 0 Å². The predicted octanol–water partition coefficient (Wildman–Crippen LogP) is 0.935. The van der Waals surface area contributed by atoms with E-state index in [0.717, 1.165) is 6.29 Å². The van der Waals surface area contributed by atoms with Gasteiger partial charge in [0.1, 0.15) is 6.29 Å². The molecule has 0 atom stereocenters. The van der Waals surface area contributed by atoms with Gasteiger partial charge in [-0.15, -0.1) is 0 Å². The van der Waals surface area contributed by atoms with Crippen LogP contribution in [0.15, 0.2) is 0 Å². The lowest BCUT2D eigenvalue weighted by molar-refractivity contribution is -0.149. The number of ether oxygens (including phenoxy) is 2. The third-order valence-electron chi connectivity index (χ3n) is 2.54. The Hall–Kier alpha value is -0.900. The molecule has 80 valence electrons. The quantitative estimate of drug-likeness (QED) is 0.500. The Kier molecular flexibility index (Phi) is 4.07. The predicted molar refractivity (Wildman–Crippen MR) is 49.8 cm³/mol. The van der Waals surface area contributed by atoms with E-state index >= 15 is 0 Å². The van der Waals surface area contributed by atoms with Crippen LogP contribution in [-0.2, 0) is 19.1 Å². The Labute approximate surface area is 83.6 Å². The van der Waals surface area contributed by atoms with Gasteiger partial charge in [0.25, 0.3) is 0 Å². The van der Waals surface area contributed by atoms with E-state index in [1.165, 1.54) is 0 Å². The molecule has 0 aromatic heterocycles. The fourth-order valence-corrected chi connectivity index (χ4v) is 1.61. The zero-order valence-electron chi connectivity index (χ0n) is 8.45. The van der Waals surface area contributed by atoms with Gasteiger partial charge < -0.3 is 14.3 Å². The number of carbonyl (C=O) groups excluding carboxylic acids is 2. The molecule has 4 nitrogen and oxygen atoms in total. The second-order valence-electron chi connectivity index (χ2n) is 3.57. The van der Waals surface area contributed by atoms with Crippen LogP contribution in [0.4, 0.5) is 0 Å². The van der Waals surface area contributed by atoms with Gasteiger partial charge in [0.2, 0.25) is 0 Å². The molecular weight excluding hydrogens is 184 g/mol. The van der Waals surface area contributed by atoms with E-state index in [1.54, 1.807) is 6.92 Å². The summed E-state index contributed by atoms with van der Waals surface area (Å²) in [6.07, 6.45) is 2.31. The van der Waals surface area contributed by atoms with Crippen LogP contribution in [0.5, 0.6) is 0 Å². The topological polar surface area (TPSA) is 52.6 Å². The highest BCUT2D eigenvalue weighted by atomic mass is 16.5. The second-order valence-corrected chi connectivity index (χ2v) is 3.57. The molecule has 0 saturated carbocycles. The van der Waals surface area contributed by atoms with Gasteiger partial charge >= 0.3 is 5.97 Å². The zero-order chi connectivity index (χ0) is 10.4. The maximum absolute atomic E-state index is 11.3. The molecule has 0 radical (unpaired) electrons. The van der Waals surface area contributed by atoms with Crippen molar-refractivity contribution in [1.29, 1.82) is 0 Å². The number of hydrogen-bond acceptors (Lipinski definition) is 4. The Morgan fingerprint density at radius 1 is 1.50 bits per heavy atom. The van der Waals surface area contributed by atoms with E-state index in [0.29, 0.717) is 32.7 Å². The smallest absolute Gasteiger partial charge is 0.306 e. The molecule has 0 bridgehead atoms. The van der Waals surface area contributed by atoms with Gasteiger partial charge in [0.05, 0.1) is 13.0 Å². The van der Waals surface area contributed by atoms with Gasteiger partial charge in [-0.25, -0.2) is 0 Å². The largest absolute Gasteiger partial charge is 0.466 e. The lowest BCUT2D eigenvalue weighted by Crippen LogP contribution is -2.33. The number of rotatable bonds is 4. The van der Waals surface area contributed by atoms with Crippen LogP contribution in [0.2, 0.25) is 0 Å². The molecule has 4 heteroatoms. The highest BCUT2D eigenvalue weighted by molar-refractivity contribution is 5.76. The maximum Gasteiger partial charge on any atom is 0.306 e. The van der Waals surface area contributed by atoms with Gasteiger partial charge in [-0.2, -0.15) is 0 Å². The van der Waals surface area contributed by atoms with Crippen molar-refractivity contribution in [2.75, 3.05) is 19.8 Å². The molecule has 0 aromatic carbocycles. The molecule has 1 heterocycles. The van der Waals surface area contributed by atoms with Crippen LogP contribution >= 0.6 is 0 Å². The normalized spacial score (nSPS) is 20.1. The van der Waals surface area contributed by atoms with E-state index in [1.807, 2.05) is 0 Å². The molecule has 1 aliphatic heterocycles. The number of carbonyl (C=O) groups is 2. The van der Waals surface area contributed by atoms with Crippen LogP contribution in [0.1, 0.15) is 26.2 Å². The molecule has 1 rings (SSSR count). The van der Waals surface area contributed by atoms with Crippen LogP contribution in [0, 0.1) is 5.41 Å². The molecule has 1 fully saturated rings. The van der Waals surface area contributed by atoms with Gasteiger partial charge in [-0.05, 0) is 19.8 Å². The lowest BCUT2D eigenvalue weighted by atomic mass is 9.79. The molecule has 0 aromatic rings. The third-order valence-corrected chi connectivity index (χ3v) is 2.54. The number of aldehydes is 1. The summed E-state index contributed by atoms with van der Waals surface area (Å²) in [5.41, 5.74) is -0.537. The third kappa shape index (κ3) is 2.80. The first-order chi connectivity index (χ1) is 6.72. The summed E-state index contributed by atoms with van der Waals surface area (Å²) in [6, 6.07) is 0. The minimum atomic E-state index is -0.537. The zero-order valence-corrected chi connectivity index (χ0v) is 8.45. The molecule has 0 aliphatic carbocycles. The Morgan fingerprint density at radius 3 is 2.64 bits per heavy atom. The number of hydrogen-bond donors (Lipinski definition) is 0. The van der Waals surface area contributed by atoms with E-state index in [9.17, 15) is 9.59 Å². The van der Waals surface area contributed by atoms with Crippen molar-refractivity contribution < 1.29 is 19.1 Å². The summed E-state index contributed by atoms with van der Waals surface area (Å²) in [6.45, 7) is 3.23. The van der Waals surface area contributed by atoms with Crippen molar-refractivity contribution in [3.63, 3.8) is 0 Å². The second kappa shape index (κ2) is 5.10. The van der Waals surface area contributed by atoms with Crippen LogP contribution in [0.25, 0.3) is 0 Å². The summed E-state index contributed by atoms with van der Waals surface area (Å²) in [7, 11) is 0. The monoisotopic (exact) mass is 200 g/mol. The molecule has 0 amide bonds.